The minimum Gasteiger partial charge on any atom is -0.316 e. The lowest BCUT2D eigenvalue weighted by molar-refractivity contribution is 0.108. The Morgan fingerprint density at radius 3 is 2.67 bits per heavy atom. The van der Waals surface area contributed by atoms with Crippen molar-refractivity contribution in [3.63, 3.8) is 0 Å². The monoisotopic (exact) mass is 291 g/mol. The first-order valence-electron chi connectivity index (χ1n) is 8.19. The van der Waals surface area contributed by atoms with Crippen LogP contribution in [0.15, 0.2) is 24.3 Å². The van der Waals surface area contributed by atoms with E-state index in [2.05, 4.69) is 15.1 Å². The van der Waals surface area contributed by atoms with Crippen molar-refractivity contribution < 1.29 is 4.39 Å². The molecule has 2 fully saturated rings. The summed E-state index contributed by atoms with van der Waals surface area (Å²) in [6, 6.07) is 6.99. The third-order valence-electron chi connectivity index (χ3n) is 4.68. The van der Waals surface area contributed by atoms with Crippen LogP contribution in [-0.2, 0) is 6.54 Å². The number of piperidine rings is 1. The Labute approximate surface area is 127 Å². The van der Waals surface area contributed by atoms with Gasteiger partial charge in [0.1, 0.15) is 5.82 Å². The summed E-state index contributed by atoms with van der Waals surface area (Å²) >= 11 is 0. The van der Waals surface area contributed by atoms with Gasteiger partial charge >= 0.3 is 0 Å². The van der Waals surface area contributed by atoms with Gasteiger partial charge in [0.15, 0.2) is 0 Å². The lowest BCUT2D eigenvalue weighted by Crippen LogP contribution is -2.48. The summed E-state index contributed by atoms with van der Waals surface area (Å²) in [4.78, 5) is 5.03. The standard InChI is InChI=1S/C17H26FN3/c18-17-5-1-3-15(11-17)13-20-7-9-21(10-8-20)14-16-4-2-6-19-12-16/h1,3,5,11,16,19H,2,4,6-10,12-14H2/t16-/m0/s1. The topological polar surface area (TPSA) is 18.5 Å². The van der Waals surface area contributed by atoms with E-state index >= 15 is 0 Å². The summed E-state index contributed by atoms with van der Waals surface area (Å²) in [6.45, 7) is 8.96. The predicted octanol–water partition coefficient (Wildman–Crippen LogP) is 1.94. The fraction of sp³-hybridized carbons (Fsp3) is 0.647. The molecular weight excluding hydrogens is 265 g/mol. The zero-order chi connectivity index (χ0) is 14.5. The fourth-order valence-electron chi connectivity index (χ4n) is 3.47. The van der Waals surface area contributed by atoms with Crippen molar-refractivity contribution >= 4 is 0 Å². The Bertz CT molecular complexity index is 437. The number of halogens is 1. The Balaban J connectivity index is 1.42. The van der Waals surface area contributed by atoms with E-state index in [4.69, 9.17) is 0 Å². The molecule has 0 amide bonds. The average molecular weight is 291 g/mol. The summed E-state index contributed by atoms with van der Waals surface area (Å²) in [6.07, 6.45) is 2.70. The summed E-state index contributed by atoms with van der Waals surface area (Å²) in [5, 5.41) is 3.50. The van der Waals surface area contributed by atoms with Gasteiger partial charge in [0.05, 0.1) is 0 Å². The van der Waals surface area contributed by atoms with Crippen LogP contribution in [0.4, 0.5) is 4.39 Å². The van der Waals surface area contributed by atoms with Gasteiger partial charge in [-0.2, -0.15) is 0 Å². The normalized spacial score (nSPS) is 25.1. The van der Waals surface area contributed by atoms with E-state index in [0.717, 1.165) is 44.2 Å². The summed E-state index contributed by atoms with van der Waals surface area (Å²) in [5.74, 6) is 0.699. The largest absolute Gasteiger partial charge is 0.316 e. The van der Waals surface area contributed by atoms with Gasteiger partial charge in [0, 0.05) is 39.3 Å². The molecule has 0 spiro atoms. The first-order chi connectivity index (χ1) is 10.3. The van der Waals surface area contributed by atoms with Crippen molar-refractivity contribution in [2.45, 2.75) is 19.4 Å². The Morgan fingerprint density at radius 2 is 1.95 bits per heavy atom. The molecule has 0 unspecified atom stereocenters. The lowest BCUT2D eigenvalue weighted by Gasteiger charge is -2.37. The van der Waals surface area contributed by atoms with Crippen LogP contribution >= 0.6 is 0 Å². The molecule has 0 aliphatic carbocycles. The molecule has 2 aliphatic rings. The maximum absolute atomic E-state index is 13.2. The molecule has 1 N–H and O–H groups in total. The third kappa shape index (κ3) is 4.50. The molecule has 21 heavy (non-hydrogen) atoms. The quantitative estimate of drug-likeness (QED) is 0.914. The second-order valence-electron chi connectivity index (χ2n) is 6.42. The molecule has 1 aromatic rings. The number of rotatable bonds is 4. The molecule has 0 bridgehead atoms. The van der Waals surface area contributed by atoms with Crippen LogP contribution < -0.4 is 5.32 Å². The lowest BCUT2D eigenvalue weighted by atomic mass is 9.99. The van der Waals surface area contributed by atoms with E-state index in [9.17, 15) is 4.39 Å². The first-order valence-corrected chi connectivity index (χ1v) is 8.19. The number of nitrogens with one attached hydrogen (secondary N) is 1. The van der Waals surface area contributed by atoms with Gasteiger partial charge in [-0.15, -0.1) is 0 Å². The van der Waals surface area contributed by atoms with Gasteiger partial charge in [0.25, 0.3) is 0 Å². The number of nitrogens with zero attached hydrogens (tertiary/aromatic N) is 2. The Hall–Kier alpha value is -0.970. The van der Waals surface area contributed by atoms with Gasteiger partial charge in [-0.25, -0.2) is 4.39 Å². The van der Waals surface area contributed by atoms with E-state index in [0.29, 0.717) is 0 Å². The van der Waals surface area contributed by atoms with Crippen LogP contribution in [-0.4, -0.2) is 55.6 Å². The highest BCUT2D eigenvalue weighted by atomic mass is 19.1. The molecule has 4 heteroatoms. The van der Waals surface area contributed by atoms with Gasteiger partial charge < -0.3 is 10.2 Å². The highest BCUT2D eigenvalue weighted by molar-refractivity contribution is 5.16. The van der Waals surface area contributed by atoms with Crippen molar-refractivity contribution in [3.05, 3.63) is 35.6 Å². The maximum atomic E-state index is 13.2. The number of hydrogen-bond acceptors (Lipinski definition) is 3. The third-order valence-corrected chi connectivity index (χ3v) is 4.68. The van der Waals surface area contributed by atoms with E-state index in [1.165, 1.54) is 38.5 Å². The zero-order valence-corrected chi connectivity index (χ0v) is 12.7. The minimum atomic E-state index is -0.129. The highest BCUT2D eigenvalue weighted by Crippen LogP contribution is 2.14. The smallest absolute Gasteiger partial charge is 0.123 e. The molecule has 3 nitrogen and oxygen atoms in total. The average Bonchev–Trinajstić information content (AvgIpc) is 2.50. The molecule has 116 valence electrons. The van der Waals surface area contributed by atoms with Crippen molar-refractivity contribution in [1.29, 1.82) is 0 Å². The molecule has 2 aliphatic heterocycles. The van der Waals surface area contributed by atoms with Crippen LogP contribution in [0.5, 0.6) is 0 Å². The summed E-state index contributed by atoms with van der Waals surface area (Å²) in [5.41, 5.74) is 1.08. The van der Waals surface area contributed by atoms with Gasteiger partial charge in [-0.1, -0.05) is 12.1 Å². The Kier molecular flexibility index (Phi) is 5.22. The van der Waals surface area contributed by atoms with E-state index in [1.54, 1.807) is 12.1 Å². The molecular formula is C17H26FN3. The molecule has 2 saturated heterocycles. The predicted molar refractivity (Wildman–Crippen MR) is 83.7 cm³/mol. The minimum absolute atomic E-state index is 0.129. The molecule has 1 aromatic carbocycles. The van der Waals surface area contributed by atoms with Crippen LogP contribution in [0.25, 0.3) is 0 Å². The molecule has 0 radical (unpaired) electrons. The fourth-order valence-corrected chi connectivity index (χ4v) is 3.47. The summed E-state index contributed by atoms with van der Waals surface area (Å²) < 4.78 is 13.2. The van der Waals surface area contributed by atoms with E-state index in [1.807, 2.05) is 6.07 Å². The first kappa shape index (κ1) is 14.9. The molecule has 0 aromatic heterocycles. The zero-order valence-electron chi connectivity index (χ0n) is 12.7. The SMILES string of the molecule is Fc1cccc(CN2CCN(C[C@H]3CCCNC3)CC2)c1. The number of hydrogen-bond donors (Lipinski definition) is 1. The van der Waals surface area contributed by atoms with Crippen LogP contribution in [0, 0.1) is 11.7 Å². The molecule has 3 rings (SSSR count). The van der Waals surface area contributed by atoms with Crippen molar-refractivity contribution in [2.24, 2.45) is 5.92 Å². The number of benzene rings is 1. The van der Waals surface area contributed by atoms with Crippen molar-refractivity contribution in [2.75, 3.05) is 45.8 Å². The maximum Gasteiger partial charge on any atom is 0.123 e. The highest BCUT2D eigenvalue weighted by Gasteiger charge is 2.21. The van der Waals surface area contributed by atoms with Gasteiger partial charge in [-0.05, 0) is 49.5 Å². The summed E-state index contributed by atoms with van der Waals surface area (Å²) in [7, 11) is 0. The van der Waals surface area contributed by atoms with Crippen LogP contribution in [0.2, 0.25) is 0 Å². The van der Waals surface area contributed by atoms with Gasteiger partial charge in [0.2, 0.25) is 0 Å². The van der Waals surface area contributed by atoms with E-state index < -0.39 is 0 Å². The second kappa shape index (κ2) is 7.34. The molecule has 2 heterocycles. The number of piperazine rings is 1. The van der Waals surface area contributed by atoms with Gasteiger partial charge in [-0.3, -0.25) is 4.90 Å². The van der Waals surface area contributed by atoms with Crippen LogP contribution in [0.1, 0.15) is 18.4 Å². The van der Waals surface area contributed by atoms with E-state index in [-0.39, 0.29) is 5.82 Å². The van der Waals surface area contributed by atoms with Crippen molar-refractivity contribution in [1.82, 2.24) is 15.1 Å². The second-order valence-corrected chi connectivity index (χ2v) is 6.42. The molecule has 1 atom stereocenters. The Morgan fingerprint density at radius 1 is 1.14 bits per heavy atom. The molecule has 0 saturated carbocycles. The van der Waals surface area contributed by atoms with Crippen LogP contribution in [0.3, 0.4) is 0 Å². The van der Waals surface area contributed by atoms with Crippen molar-refractivity contribution in [3.8, 4) is 0 Å².